The summed E-state index contributed by atoms with van der Waals surface area (Å²) in [5.41, 5.74) is -0.543. The first-order valence-electron chi connectivity index (χ1n) is 6.21. The van der Waals surface area contributed by atoms with Crippen LogP contribution in [0.15, 0.2) is 0 Å². The molecular formula is C12H23NO4Si. The number of hydrogen-bond acceptors (Lipinski definition) is 3. The number of amides is 1. The monoisotopic (exact) mass is 273 g/mol. The second kappa shape index (κ2) is 4.91. The minimum atomic E-state index is -1.67. The average Bonchev–Trinajstić information content (AvgIpc) is 2.12. The molecule has 0 aromatic heterocycles. The molecule has 0 aliphatic carbocycles. The van der Waals surface area contributed by atoms with Gasteiger partial charge in [-0.05, 0) is 26.8 Å². The highest BCUT2D eigenvalue weighted by atomic mass is 28.3. The number of nitrogens with zero attached hydrogens (tertiary/aromatic N) is 1. The van der Waals surface area contributed by atoms with Gasteiger partial charge in [0.2, 0.25) is 0 Å². The Bertz CT molecular complexity index is 348. The van der Waals surface area contributed by atoms with Crippen molar-refractivity contribution in [3.05, 3.63) is 0 Å². The van der Waals surface area contributed by atoms with Gasteiger partial charge in [-0.15, -0.1) is 0 Å². The largest absolute Gasteiger partial charge is 0.481 e. The van der Waals surface area contributed by atoms with E-state index in [9.17, 15) is 9.59 Å². The molecular weight excluding hydrogens is 250 g/mol. The van der Waals surface area contributed by atoms with Crippen LogP contribution in [0, 0.1) is 5.92 Å². The number of carbonyl (C=O) groups is 2. The van der Waals surface area contributed by atoms with Gasteiger partial charge in [0, 0.05) is 12.7 Å². The molecule has 1 aliphatic rings. The maximum atomic E-state index is 12.0. The Hall–Kier alpha value is -1.04. The van der Waals surface area contributed by atoms with Gasteiger partial charge in [-0.1, -0.05) is 13.1 Å². The lowest BCUT2D eigenvalue weighted by Crippen LogP contribution is -2.55. The Morgan fingerprint density at radius 1 is 1.33 bits per heavy atom. The second-order valence-corrected chi connectivity index (χ2v) is 11.8. The zero-order chi connectivity index (χ0) is 14.1. The summed E-state index contributed by atoms with van der Waals surface area (Å²) in [6, 6.07) is 0.724. The van der Waals surface area contributed by atoms with Gasteiger partial charge in [-0.2, -0.15) is 0 Å². The van der Waals surface area contributed by atoms with Gasteiger partial charge in [-0.25, -0.2) is 4.79 Å². The van der Waals surface area contributed by atoms with Crippen LogP contribution in [0.25, 0.3) is 0 Å². The highest BCUT2D eigenvalue weighted by Crippen LogP contribution is 2.26. The van der Waals surface area contributed by atoms with Gasteiger partial charge >= 0.3 is 12.1 Å². The minimum Gasteiger partial charge on any atom is -0.481 e. The van der Waals surface area contributed by atoms with Crippen molar-refractivity contribution in [1.29, 1.82) is 0 Å². The summed E-state index contributed by atoms with van der Waals surface area (Å²) in [7, 11) is -1.67. The fourth-order valence-electron chi connectivity index (χ4n) is 2.27. The molecule has 0 aromatic carbocycles. The van der Waals surface area contributed by atoms with E-state index in [0.29, 0.717) is 6.17 Å². The molecule has 1 atom stereocenters. The SMILES string of the molecule is CC(C)(C)OC(=O)N1CC(C(=O)O)C[Si](C)(C)C1. The van der Waals surface area contributed by atoms with Crippen molar-refractivity contribution in [2.24, 2.45) is 5.92 Å². The number of carbonyl (C=O) groups excluding carboxylic acids is 1. The lowest BCUT2D eigenvalue weighted by atomic mass is 10.1. The van der Waals surface area contributed by atoms with Gasteiger partial charge in [-0.3, -0.25) is 4.79 Å². The minimum absolute atomic E-state index is 0.265. The summed E-state index contributed by atoms with van der Waals surface area (Å²) < 4.78 is 5.31. The van der Waals surface area contributed by atoms with E-state index in [2.05, 4.69) is 13.1 Å². The maximum absolute atomic E-state index is 12.0. The third kappa shape index (κ3) is 4.32. The molecule has 0 aromatic rings. The molecule has 6 heteroatoms. The first kappa shape index (κ1) is 15.0. The van der Waals surface area contributed by atoms with E-state index >= 15 is 0 Å². The van der Waals surface area contributed by atoms with Crippen LogP contribution >= 0.6 is 0 Å². The Morgan fingerprint density at radius 3 is 2.33 bits per heavy atom. The van der Waals surface area contributed by atoms with Crippen LogP contribution < -0.4 is 0 Å². The lowest BCUT2D eigenvalue weighted by molar-refractivity contribution is -0.141. The normalized spacial score (nSPS) is 23.6. The van der Waals surface area contributed by atoms with Crippen LogP contribution in [-0.4, -0.2) is 48.5 Å². The molecule has 1 saturated heterocycles. The second-order valence-electron chi connectivity index (χ2n) is 6.76. The fourth-order valence-corrected chi connectivity index (χ4v) is 5.33. The van der Waals surface area contributed by atoms with Gasteiger partial charge < -0.3 is 14.7 Å². The number of rotatable bonds is 1. The summed E-state index contributed by atoms with van der Waals surface area (Å²) in [4.78, 5) is 24.7. The number of carboxylic acid groups (broad SMARTS) is 1. The lowest BCUT2D eigenvalue weighted by Gasteiger charge is -2.40. The summed E-state index contributed by atoms with van der Waals surface area (Å²) in [6.07, 6.45) is 0.278. The molecule has 5 nitrogen and oxygen atoms in total. The maximum Gasteiger partial charge on any atom is 0.410 e. The van der Waals surface area contributed by atoms with Crippen molar-refractivity contribution in [1.82, 2.24) is 4.90 Å². The molecule has 1 fully saturated rings. The summed E-state index contributed by atoms with van der Waals surface area (Å²) in [5, 5.41) is 9.15. The molecule has 1 unspecified atom stereocenters. The molecule has 1 N–H and O–H groups in total. The highest BCUT2D eigenvalue weighted by molar-refractivity contribution is 6.78. The Balaban J connectivity index is 2.76. The Morgan fingerprint density at radius 2 is 1.89 bits per heavy atom. The number of ether oxygens (including phenoxy) is 1. The van der Waals surface area contributed by atoms with E-state index in [1.54, 1.807) is 4.90 Å². The summed E-state index contributed by atoms with van der Waals surface area (Å²) in [6.45, 7) is 9.92. The van der Waals surface area contributed by atoms with Crippen molar-refractivity contribution in [2.45, 2.75) is 45.5 Å². The molecule has 1 heterocycles. The number of carboxylic acids is 1. The van der Waals surface area contributed by atoms with E-state index in [-0.39, 0.29) is 6.54 Å². The van der Waals surface area contributed by atoms with Crippen molar-refractivity contribution < 1.29 is 19.4 Å². The zero-order valence-corrected chi connectivity index (χ0v) is 12.8. The van der Waals surface area contributed by atoms with Gasteiger partial charge in [0.1, 0.15) is 5.60 Å². The Labute approximate surface area is 109 Å². The highest BCUT2D eigenvalue weighted by Gasteiger charge is 2.40. The van der Waals surface area contributed by atoms with Crippen LogP contribution in [0.1, 0.15) is 20.8 Å². The molecule has 0 saturated carbocycles. The fraction of sp³-hybridized carbons (Fsp3) is 0.833. The van der Waals surface area contributed by atoms with Crippen LogP contribution in [0.3, 0.4) is 0 Å². The summed E-state index contributed by atoms with van der Waals surface area (Å²) in [5.74, 6) is -1.27. The third-order valence-corrected chi connectivity index (χ3v) is 5.70. The summed E-state index contributed by atoms with van der Waals surface area (Å²) >= 11 is 0. The van der Waals surface area contributed by atoms with Gasteiger partial charge in [0.15, 0.2) is 0 Å². The van der Waals surface area contributed by atoms with E-state index in [1.807, 2.05) is 20.8 Å². The van der Waals surface area contributed by atoms with Gasteiger partial charge in [0.05, 0.1) is 14.0 Å². The molecule has 1 rings (SSSR count). The Kier molecular flexibility index (Phi) is 4.10. The third-order valence-electron chi connectivity index (χ3n) is 2.86. The number of aliphatic carboxylic acids is 1. The molecule has 0 spiro atoms. The van der Waals surface area contributed by atoms with Crippen molar-refractivity contribution in [2.75, 3.05) is 12.7 Å². The standard InChI is InChI=1S/C12H23NO4Si/c1-12(2,3)17-11(16)13-6-9(10(14)15)7-18(4,5)8-13/h9H,6-8H2,1-5H3,(H,14,15). The molecule has 0 radical (unpaired) electrons. The van der Waals surface area contributed by atoms with Crippen LogP contribution in [0.4, 0.5) is 4.79 Å². The van der Waals surface area contributed by atoms with Crippen LogP contribution in [0.5, 0.6) is 0 Å². The topological polar surface area (TPSA) is 66.8 Å². The van der Waals surface area contributed by atoms with Crippen LogP contribution in [0.2, 0.25) is 19.1 Å². The van der Waals surface area contributed by atoms with Crippen molar-refractivity contribution in [3.63, 3.8) is 0 Å². The van der Waals surface area contributed by atoms with E-state index in [1.165, 1.54) is 0 Å². The molecule has 1 amide bonds. The molecule has 1 aliphatic heterocycles. The van der Waals surface area contributed by atoms with E-state index < -0.39 is 31.7 Å². The molecule has 0 bridgehead atoms. The first-order valence-corrected chi connectivity index (χ1v) is 9.62. The first-order chi connectivity index (χ1) is 8.00. The van der Waals surface area contributed by atoms with Gasteiger partial charge in [0.25, 0.3) is 0 Å². The average molecular weight is 273 g/mol. The zero-order valence-electron chi connectivity index (χ0n) is 11.8. The molecule has 104 valence electrons. The van der Waals surface area contributed by atoms with E-state index in [0.717, 1.165) is 6.04 Å². The molecule has 18 heavy (non-hydrogen) atoms. The number of hydrogen-bond donors (Lipinski definition) is 1. The van der Waals surface area contributed by atoms with Crippen molar-refractivity contribution >= 4 is 20.1 Å². The quantitative estimate of drug-likeness (QED) is 0.744. The van der Waals surface area contributed by atoms with Crippen LogP contribution in [-0.2, 0) is 9.53 Å². The van der Waals surface area contributed by atoms with Crippen molar-refractivity contribution in [3.8, 4) is 0 Å². The predicted molar refractivity (Wildman–Crippen MR) is 71.2 cm³/mol. The smallest absolute Gasteiger partial charge is 0.410 e. The predicted octanol–water partition coefficient (Wildman–Crippen LogP) is 2.19. The van der Waals surface area contributed by atoms with E-state index in [4.69, 9.17) is 9.84 Å².